The Morgan fingerprint density at radius 1 is 0.857 bits per heavy atom. The molecule has 1 aromatic carbocycles. The summed E-state index contributed by atoms with van der Waals surface area (Å²) in [7, 11) is 0. The number of rotatable bonds is 0. The second kappa shape index (κ2) is 3.77. The molecule has 0 atom stereocenters. The van der Waals surface area contributed by atoms with Crippen molar-refractivity contribution < 1.29 is 10.4 Å². The van der Waals surface area contributed by atoms with E-state index < -0.39 is 0 Å². The Morgan fingerprint density at radius 3 is 1.64 bits per heavy atom. The molecule has 72 valence electrons. The number of hydrogen-bond acceptors (Lipinski definition) is 6. The normalized spacial score (nSPS) is 13.7. The minimum absolute atomic E-state index is 0.316. The number of benzene rings is 1. The molecule has 2 rings (SSSR count). The quantitative estimate of drug-likeness (QED) is 0.528. The summed E-state index contributed by atoms with van der Waals surface area (Å²) in [6, 6.07) is 7.66. The molecule has 4 nitrogen and oxygen atoms in total. The summed E-state index contributed by atoms with van der Waals surface area (Å²) in [5.74, 6) is 0. The van der Waals surface area contributed by atoms with Crippen LogP contribution in [0.25, 0.3) is 9.40 Å². The molecule has 0 saturated heterocycles. The van der Waals surface area contributed by atoms with Gasteiger partial charge in [-0.05, 0) is 12.1 Å². The molecule has 1 heterocycles. The minimum atomic E-state index is 0.316. The van der Waals surface area contributed by atoms with Gasteiger partial charge in [-0.25, -0.2) is 0 Å². The van der Waals surface area contributed by atoms with Crippen molar-refractivity contribution in [2.75, 3.05) is 0 Å². The topological polar surface area (TPSA) is 65.2 Å². The average Bonchev–Trinajstić information content (AvgIpc) is 2.27. The molecule has 2 N–H and O–H groups in total. The van der Waals surface area contributed by atoms with Crippen LogP contribution < -0.4 is 9.34 Å². The van der Waals surface area contributed by atoms with Crippen LogP contribution in [0.2, 0.25) is 0 Å². The predicted octanol–water partition coefficient (Wildman–Crippen LogP) is 1.54. The molecule has 2 aromatic rings. The molecular formula is C8H6N2O2S2. The van der Waals surface area contributed by atoms with Crippen LogP contribution in [-0.4, -0.2) is 10.4 Å². The molecule has 0 aliphatic heterocycles. The Balaban J connectivity index is 2.98. The van der Waals surface area contributed by atoms with Gasteiger partial charge >= 0.3 is 0 Å². The summed E-state index contributed by atoms with van der Waals surface area (Å²) in [4.78, 5) is 0. The summed E-state index contributed by atoms with van der Waals surface area (Å²) in [5, 5.41) is 23.5. The van der Waals surface area contributed by atoms with E-state index in [1.165, 1.54) is 22.7 Å². The van der Waals surface area contributed by atoms with Crippen molar-refractivity contribution in [3.8, 4) is 0 Å². The third-order valence-electron chi connectivity index (χ3n) is 1.63. The third-order valence-corrected chi connectivity index (χ3v) is 3.97. The number of hydrogen-bond donors (Lipinski definition) is 2. The molecule has 0 aliphatic carbocycles. The fraction of sp³-hybridized carbons (Fsp3) is 0. The SMILES string of the molecule is ON=c1sc2ccccc2sc1=NO. The van der Waals surface area contributed by atoms with Crippen molar-refractivity contribution in [2.24, 2.45) is 10.3 Å². The van der Waals surface area contributed by atoms with E-state index in [0.29, 0.717) is 9.34 Å². The summed E-state index contributed by atoms with van der Waals surface area (Å²) in [5.41, 5.74) is 0. The minimum Gasteiger partial charge on any atom is -0.410 e. The molecule has 0 unspecified atom stereocenters. The van der Waals surface area contributed by atoms with E-state index in [-0.39, 0.29) is 0 Å². The Kier molecular flexibility index (Phi) is 2.47. The zero-order valence-electron chi connectivity index (χ0n) is 6.91. The second-order valence-corrected chi connectivity index (χ2v) is 4.52. The summed E-state index contributed by atoms with van der Waals surface area (Å²) >= 11 is 2.56. The van der Waals surface area contributed by atoms with Crippen LogP contribution in [0.5, 0.6) is 0 Å². The molecule has 0 spiro atoms. The zero-order valence-corrected chi connectivity index (χ0v) is 8.55. The maximum Gasteiger partial charge on any atom is 0.195 e. The largest absolute Gasteiger partial charge is 0.410 e. The van der Waals surface area contributed by atoms with Crippen molar-refractivity contribution in [1.82, 2.24) is 0 Å². The summed E-state index contributed by atoms with van der Waals surface area (Å²) < 4.78 is 2.63. The van der Waals surface area contributed by atoms with Crippen molar-refractivity contribution in [2.45, 2.75) is 0 Å². The van der Waals surface area contributed by atoms with Gasteiger partial charge in [0.2, 0.25) is 0 Å². The monoisotopic (exact) mass is 226 g/mol. The van der Waals surface area contributed by atoms with Gasteiger partial charge in [-0.2, -0.15) is 0 Å². The lowest BCUT2D eigenvalue weighted by Gasteiger charge is -1.93. The molecular weight excluding hydrogens is 220 g/mol. The van der Waals surface area contributed by atoms with Crippen molar-refractivity contribution in [3.05, 3.63) is 33.6 Å². The van der Waals surface area contributed by atoms with Crippen LogP contribution in [-0.2, 0) is 0 Å². The highest BCUT2D eigenvalue weighted by molar-refractivity contribution is 7.25. The fourth-order valence-electron chi connectivity index (χ4n) is 1.04. The predicted molar refractivity (Wildman–Crippen MR) is 54.4 cm³/mol. The first-order valence-electron chi connectivity index (χ1n) is 3.74. The molecule has 1 aromatic heterocycles. The van der Waals surface area contributed by atoms with E-state index in [2.05, 4.69) is 10.3 Å². The van der Waals surface area contributed by atoms with Gasteiger partial charge in [0.25, 0.3) is 0 Å². The van der Waals surface area contributed by atoms with E-state index in [4.69, 9.17) is 10.4 Å². The highest BCUT2D eigenvalue weighted by atomic mass is 32.1. The molecule has 0 fully saturated rings. The fourth-order valence-corrected chi connectivity index (χ4v) is 2.93. The molecule has 14 heavy (non-hydrogen) atoms. The smallest absolute Gasteiger partial charge is 0.195 e. The lowest BCUT2D eigenvalue weighted by atomic mass is 10.4. The van der Waals surface area contributed by atoms with Gasteiger partial charge in [0.15, 0.2) is 9.34 Å². The number of nitrogens with zero attached hydrogens (tertiary/aromatic N) is 2. The van der Waals surface area contributed by atoms with Crippen LogP contribution in [0.4, 0.5) is 0 Å². The standard InChI is InChI=1S/C8H6N2O2S2/c11-9-7-8(10-12)14-6-4-2-1-3-5(6)13-7/h1-4,11-12H. The number of fused-ring (bicyclic) bond motifs is 1. The Morgan fingerprint density at radius 2 is 1.29 bits per heavy atom. The Hall–Kier alpha value is -1.40. The second-order valence-electron chi connectivity index (χ2n) is 2.46. The van der Waals surface area contributed by atoms with E-state index in [0.717, 1.165) is 9.40 Å². The Labute approximate surface area is 86.7 Å². The van der Waals surface area contributed by atoms with Crippen molar-refractivity contribution >= 4 is 32.1 Å². The lowest BCUT2D eigenvalue weighted by molar-refractivity contribution is 0.291. The highest BCUT2D eigenvalue weighted by Crippen LogP contribution is 2.16. The van der Waals surface area contributed by atoms with Gasteiger partial charge in [0.1, 0.15) is 0 Å². The van der Waals surface area contributed by atoms with Crippen LogP contribution in [0, 0.1) is 0 Å². The molecule has 0 saturated carbocycles. The van der Waals surface area contributed by atoms with Gasteiger partial charge in [0.05, 0.1) is 0 Å². The van der Waals surface area contributed by atoms with Crippen LogP contribution in [0.15, 0.2) is 34.6 Å². The van der Waals surface area contributed by atoms with Gasteiger partial charge in [0, 0.05) is 9.40 Å². The molecule has 0 aliphatic rings. The van der Waals surface area contributed by atoms with Crippen LogP contribution in [0.3, 0.4) is 0 Å². The van der Waals surface area contributed by atoms with E-state index in [9.17, 15) is 0 Å². The van der Waals surface area contributed by atoms with Gasteiger partial charge < -0.3 is 10.4 Å². The summed E-state index contributed by atoms with van der Waals surface area (Å²) in [6.45, 7) is 0. The molecule has 6 heteroatoms. The van der Waals surface area contributed by atoms with E-state index in [1.54, 1.807) is 0 Å². The lowest BCUT2D eigenvalue weighted by Crippen LogP contribution is -2.19. The first-order valence-corrected chi connectivity index (χ1v) is 5.37. The summed E-state index contributed by atoms with van der Waals surface area (Å²) in [6.07, 6.45) is 0. The first-order chi connectivity index (χ1) is 6.85. The molecule has 0 bridgehead atoms. The maximum absolute atomic E-state index is 8.68. The Bertz CT molecular complexity index is 533. The van der Waals surface area contributed by atoms with Gasteiger partial charge in [-0.3, -0.25) is 0 Å². The van der Waals surface area contributed by atoms with Gasteiger partial charge in [-0.15, -0.1) is 22.7 Å². The first kappa shape index (κ1) is 9.17. The third kappa shape index (κ3) is 1.49. The van der Waals surface area contributed by atoms with Crippen molar-refractivity contribution in [3.63, 3.8) is 0 Å². The van der Waals surface area contributed by atoms with Crippen LogP contribution in [0.1, 0.15) is 0 Å². The van der Waals surface area contributed by atoms with E-state index in [1.807, 2.05) is 24.3 Å². The van der Waals surface area contributed by atoms with E-state index >= 15 is 0 Å². The maximum atomic E-state index is 8.68. The average molecular weight is 226 g/mol. The molecule has 0 radical (unpaired) electrons. The van der Waals surface area contributed by atoms with Crippen molar-refractivity contribution in [1.29, 1.82) is 0 Å². The van der Waals surface area contributed by atoms with Gasteiger partial charge in [-0.1, -0.05) is 22.4 Å². The highest BCUT2D eigenvalue weighted by Gasteiger charge is 1.97. The van der Waals surface area contributed by atoms with Crippen LogP contribution >= 0.6 is 22.7 Å². The molecule has 0 amide bonds. The zero-order chi connectivity index (χ0) is 9.97.